The quantitative estimate of drug-likeness (QED) is 0.775. The van der Waals surface area contributed by atoms with E-state index in [2.05, 4.69) is 11.9 Å². The highest BCUT2D eigenvalue weighted by Crippen LogP contribution is 2.19. The lowest BCUT2D eigenvalue weighted by molar-refractivity contribution is -0.120. The van der Waals surface area contributed by atoms with E-state index in [1.807, 2.05) is 0 Å². The van der Waals surface area contributed by atoms with Crippen molar-refractivity contribution in [2.24, 2.45) is 0 Å². The fraction of sp³-hybridized carbons (Fsp3) is 0.300. The van der Waals surface area contributed by atoms with E-state index < -0.39 is 10.0 Å². The van der Waals surface area contributed by atoms with Crippen LogP contribution in [0.25, 0.3) is 0 Å². The molecule has 0 atom stereocenters. The van der Waals surface area contributed by atoms with E-state index in [0.29, 0.717) is 6.54 Å². The number of thiophene rings is 1. The zero-order valence-corrected chi connectivity index (χ0v) is 11.1. The summed E-state index contributed by atoms with van der Waals surface area (Å²) in [7, 11) is -2.17. The molecule has 7 heteroatoms. The molecular formula is C10H14N2O3S2. The summed E-state index contributed by atoms with van der Waals surface area (Å²) in [5.74, 6) is -0.354. The molecule has 1 N–H and O–H groups in total. The van der Waals surface area contributed by atoms with Gasteiger partial charge in [-0.05, 0) is 11.4 Å². The number of sulfonamides is 1. The van der Waals surface area contributed by atoms with Crippen LogP contribution in [0.15, 0.2) is 34.4 Å². The molecule has 1 rings (SSSR count). The Kier molecular flexibility index (Phi) is 4.86. The fourth-order valence-electron chi connectivity index (χ4n) is 1.09. The summed E-state index contributed by atoms with van der Waals surface area (Å²) in [6, 6.07) is 3.17. The standard InChI is InChI=1S/C10H14N2O3S2/c1-3-6-11-9(13)8-12(2)17(14,15)10-5-4-7-16-10/h3-5,7H,1,6,8H2,2H3,(H,11,13). The summed E-state index contributed by atoms with van der Waals surface area (Å²) in [6.45, 7) is 3.58. The molecule has 0 radical (unpaired) electrons. The van der Waals surface area contributed by atoms with Crippen molar-refractivity contribution in [2.45, 2.75) is 4.21 Å². The highest BCUT2D eigenvalue weighted by molar-refractivity contribution is 7.91. The molecule has 0 fully saturated rings. The molecule has 1 aromatic heterocycles. The van der Waals surface area contributed by atoms with Gasteiger partial charge < -0.3 is 5.32 Å². The molecule has 0 saturated carbocycles. The van der Waals surface area contributed by atoms with Gasteiger partial charge in [-0.1, -0.05) is 12.1 Å². The molecule has 0 saturated heterocycles. The minimum Gasteiger partial charge on any atom is -0.351 e. The molecule has 0 aliphatic carbocycles. The van der Waals surface area contributed by atoms with Crippen LogP contribution in [0.3, 0.4) is 0 Å². The van der Waals surface area contributed by atoms with Crippen LogP contribution < -0.4 is 5.32 Å². The number of nitrogens with one attached hydrogen (secondary N) is 1. The Bertz CT molecular complexity index is 480. The summed E-state index contributed by atoms with van der Waals surface area (Å²) in [4.78, 5) is 11.4. The van der Waals surface area contributed by atoms with E-state index >= 15 is 0 Å². The molecule has 0 bridgehead atoms. The maximum atomic E-state index is 11.9. The number of nitrogens with zero attached hydrogens (tertiary/aromatic N) is 1. The minimum absolute atomic E-state index is 0.200. The molecule has 0 aliphatic rings. The molecule has 1 amide bonds. The van der Waals surface area contributed by atoms with Crippen molar-refractivity contribution in [3.63, 3.8) is 0 Å². The third-order valence-corrected chi connectivity index (χ3v) is 5.15. The molecule has 0 unspecified atom stereocenters. The van der Waals surface area contributed by atoms with Crippen LogP contribution in [0, 0.1) is 0 Å². The Morgan fingerprint density at radius 3 is 2.88 bits per heavy atom. The smallest absolute Gasteiger partial charge is 0.252 e. The first-order valence-electron chi connectivity index (χ1n) is 4.86. The Balaban J connectivity index is 2.67. The zero-order valence-electron chi connectivity index (χ0n) is 9.42. The minimum atomic E-state index is -3.55. The molecule has 0 aromatic carbocycles. The summed E-state index contributed by atoms with van der Waals surface area (Å²) >= 11 is 1.13. The number of rotatable bonds is 6. The van der Waals surface area contributed by atoms with E-state index in [1.165, 1.54) is 19.2 Å². The number of hydrogen-bond donors (Lipinski definition) is 1. The van der Waals surface area contributed by atoms with Crippen molar-refractivity contribution in [1.29, 1.82) is 0 Å². The van der Waals surface area contributed by atoms with Gasteiger partial charge in [0.15, 0.2) is 0 Å². The lowest BCUT2D eigenvalue weighted by Gasteiger charge is -2.15. The second kappa shape index (κ2) is 5.95. The van der Waals surface area contributed by atoms with E-state index in [0.717, 1.165) is 15.6 Å². The van der Waals surface area contributed by atoms with Crippen molar-refractivity contribution >= 4 is 27.3 Å². The van der Waals surface area contributed by atoms with Crippen LogP contribution in [-0.4, -0.2) is 38.8 Å². The number of amides is 1. The van der Waals surface area contributed by atoms with E-state index in [9.17, 15) is 13.2 Å². The molecule has 0 aliphatic heterocycles. The molecule has 1 heterocycles. The first kappa shape index (κ1) is 13.9. The van der Waals surface area contributed by atoms with Gasteiger partial charge in [-0.25, -0.2) is 8.42 Å². The molecule has 5 nitrogen and oxygen atoms in total. The molecule has 0 spiro atoms. The van der Waals surface area contributed by atoms with Crippen molar-refractivity contribution < 1.29 is 13.2 Å². The Labute approximate surface area is 105 Å². The fourth-order valence-corrected chi connectivity index (χ4v) is 3.42. The first-order chi connectivity index (χ1) is 7.98. The average Bonchev–Trinajstić information content (AvgIpc) is 2.80. The lowest BCUT2D eigenvalue weighted by Crippen LogP contribution is -2.38. The van der Waals surface area contributed by atoms with Gasteiger partial charge in [-0.3, -0.25) is 4.79 Å². The monoisotopic (exact) mass is 274 g/mol. The topological polar surface area (TPSA) is 66.5 Å². The van der Waals surface area contributed by atoms with Crippen LogP contribution in [-0.2, 0) is 14.8 Å². The maximum Gasteiger partial charge on any atom is 0.252 e. The second-order valence-corrected chi connectivity index (χ2v) is 6.51. The van der Waals surface area contributed by atoms with Gasteiger partial charge in [0, 0.05) is 13.6 Å². The lowest BCUT2D eigenvalue weighted by atomic mass is 10.5. The first-order valence-corrected chi connectivity index (χ1v) is 7.18. The Morgan fingerprint density at radius 1 is 1.65 bits per heavy atom. The zero-order chi connectivity index (χ0) is 12.9. The highest BCUT2D eigenvalue weighted by atomic mass is 32.2. The molecular weight excluding hydrogens is 260 g/mol. The summed E-state index contributed by atoms with van der Waals surface area (Å²) in [5.41, 5.74) is 0. The normalized spacial score (nSPS) is 11.4. The van der Waals surface area contributed by atoms with Gasteiger partial charge in [-0.2, -0.15) is 4.31 Å². The highest BCUT2D eigenvalue weighted by Gasteiger charge is 2.23. The molecule has 94 valence electrons. The summed E-state index contributed by atoms with van der Waals surface area (Å²) in [5, 5.41) is 4.20. The van der Waals surface area contributed by atoms with Crippen molar-refractivity contribution in [3.8, 4) is 0 Å². The van der Waals surface area contributed by atoms with Crippen molar-refractivity contribution in [2.75, 3.05) is 20.1 Å². The Hall–Kier alpha value is -1.18. The van der Waals surface area contributed by atoms with Gasteiger partial charge in [-0.15, -0.1) is 17.9 Å². The summed E-state index contributed by atoms with van der Waals surface area (Å²) in [6.07, 6.45) is 1.53. The predicted molar refractivity (Wildman–Crippen MR) is 67.3 cm³/mol. The Morgan fingerprint density at radius 2 is 2.35 bits per heavy atom. The van der Waals surface area contributed by atoms with Gasteiger partial charge >= 0.3 is 0 Å². The van der Waals surface area contributed by atoms with Gasteiger partial charge in [0.05, 0.1) is 6.54 Å². The average molecular weight is 274 g/mol. The second-order valence-electron chi connectivity index (χ2n) is 3.29. The van der Waals surface area contributed by atoms with Crippen molar-refractivity contribution in [3.05, 3.63) is 30.2 Å². The van der Waals surface area contributed by atoms with Crippen LogP contribution in [0.1, 0.15) is 0 Å². The number of likely N-dealkylation sites (N-methyl/N-ethyl adjacent to an activating group) is 1. The van der Waals surface area contributed by atoms with Gasteiger partial charge in [0.2, 0.25) is 5.91 Å². The van der Waals surface area contributed by atoms with Crippen LogP contribution in [0.4, 0.5) is 0 Å². The number of carbonyl (C=O) groups excluding carboxylic acids is 1. The van der Waals surface area contributed by atoms with Crippen LogP contribution in [0.2, 0.25) is 0 Å². The predicted octanol–water partition coefficient (Wildman–Crippen LogP) is 0.671. The molecule has 17 heavy (non-hydrogen) atoms. The van der Waals surface area contributed by atoms with Crippen LogP contribution >= 0.6 is 11.3 Å². The third kappa shape index (κ3) is 3.65. The SMILES string of the molecule is C=CCNC(=O)CN(C)S(=O)(=O)c1cccs1. The number of hydrogen-bond acceptors (Lipinski definition) is 4. The van der Waals surface area contributed by atoms with Crippen molar-refractivity contribution in [1.82, 2.24) is 9.62 Å². The van der Waals surface area contributed by atoms with Gasteiger partial charge in [0.25, 0.3) is 10.0 Å². The van der Waals surface area contributed by atoms with Gasteiger partial charge in [0.1, 0.15) is 4.21 Å². The largest absolute Gasteiger partial charge is 0.351 e. The van der Waals surface area contributed by atoms with E-state index in [1.54, 1.807) is 11.4 Å². The van der Waals surface area contributed by atoms with Crippen LogP contribution in [0.5, 0.6) is 0 Å². The third-order valence-electron chi connectivity index (χ3n) is 1.97. The van der Waals surface area contributed by atoms with E-state index in [-0.39, 0.29) is 16.7 Å². The maximum absolute atomic E-state index is 11.9. The summed E-state index contributed by atoms with van der Waals surface area (Å²) < 4.78 is 25.1. The van der Waals surface area contributed by atoms with E-state index in [4.69, 9.17) is 0 Å². The number of carbonyl (C=O) groups is 1. The molecule has 1 aromatic rings.